The van der Waals surface area contributed by atoms with E-state index in [1.807, 2.05) is 24.3 Å². The molecule has 4 heteroatoms. The van der Waals surface area contributed by atoms with Gasteiger partial charge in [0.15, 0.2) is 0 Å². The fourth-order valence-corrected chi connectivity index (χ4v) is 4.57. The Bertz CT molecular complexity index is 1170. The summed E-state index contributed by atoms with van der Waals surface area (Å²) in [7, 11) is 0. The maximum Gasteiger partial charge on any atom is 0.222 e. The molecule has 0 radical (unpaired) electrons. The zero-order valence-corrected chi connectivity index (χ0v) is 17.9. The van der Waals surface area contributed by atoms with Gasteiger partial charge in [0, 0.05) is 6.42 Å². The Morgan fingerprint density at radius 2 is 1.23 bits per heavy atom. The monoisotopic (exact) mass is 436 g/mol. The van der Waals surface area contributed by atoms with Gasteiger partial charge in [-0.3, -0.25) is 9.08 Å². The van der Waals surface area contributed by atoms with Crippen LogP contribution >= 0.6 is 23.5 Å². The third kappa shape index (κ3) is 4.67. The quantitative estimate of drug-likeness (QED) is 0.266. The van der Waals surface area contributed by atoms with E-state index in [9.17, 15) is 4.79 Å². The SMILES string of the molecule is O=C(Cl)CC(c1ccc2ccccc2c1)C(CCOCl)c1ccc2ccccc2c1. The molecule has 4 rings (SSSR count). The molecule has 0 amide bonds. The van der Waals surface area contributed by atoms with E-state index in [1.54, 1.807) is 0 Å². The molecule has 0 N–H and O–H groups in total. The number of halogens is 2. The van der Waals surface area contributed by atoms with E-state index >= 15 is 0 Å². The topological polar surface area (TPSA) is 26.3 Å². The number of hydrogen-bond acceptors (Lipinski definition) is 2. The van der Waals surface area contributed by atoms with Crippen molar-refractivity contribution in [3.8, 4) is 0 Å². The summed E-state index contributed by atoms with van der Waals surface area (Å²) in [4.78, 5) is 12.0. The molecule has 0 saturated carbocycles. The predicted molar refractivity (Wildman–Crippen MR) is 125 cm³/mol. The van der Waals surface area contributed by atoms with E-state index in [4.69, 9.17) is 27.8 Å². The van der Waals surface area contributed by atoms with Crippen LogP contribution in [-0.2, 0) is 9.08 Å². The van der Waals surface area contributed by atoms with E-state index in [0.29, 0.717) is 13.0 Å². The molecule has 0 spiro atoms. The Kier molecular flexibility index (Phi) is 6.69. The zero-order chi connectivity index (χ0) is 20.9. The van der Waals surface area contributed by atoms with Crippen LogP contribution in [0.3, 0.4) is 0 Å². The lowest BCUT2D eigenvalue weighted by Crippen LogP contribution is -2.16. The third-order valence-corrected chi connectivity index (χ3v) is 6.08. The fraction of sp³-hybridized carbons (Fsp3) is 0.192. The van der Waals surface area contributed by atoms with Crippen molar-refractivity contribution in [2.24, 2.45) is 0 Å². The molecule has 30 heavy (non-hydrogen) atoms. The Hall–Kier alpha value is -2.39. The molecular weight excluding hydrogens is 415 g/mol. The number of fused-ring (bicyclic) bond motifs is 2. The third-order valence-electron chi connectivity index (χ3n) is 5.78. The lowest BCUT2D eigenvalue weighted by molar-refractivity contribution is -0.112. The summed E-state index contributed by atoms with van der Waals surface area (Å²) in [6.45, 7) is 0.388. The molecule has 0 fully saturated rings. The zero-order valence-electron chi connectivity index (χ0n) is 16.4. The van der Waals surface area contributed by atoms with Crippen LogP contribution < -0.4 is 0 Å². The molecule has 2 nitrogen and oxygen atoms in total. The lowest BCUT2D eigenvalue weighted by atomic mass is 9.77. The molecule has 0 aliphatic rings. The van der Waals surface area contributed by atoms with Crippen molar-refractivity contribution in [1.82, 2.24) is 0 Å². The summed E-state index contributed by atoms with van der Waals surface area (Å²) in [5, 5.41) is 4.33. The van der Waals surface area contributed by atoms with Gasteiger partial charge in [-0.25, -0.2) is 0 Å². The minimum absolute atomic E-state index is 0.0391. The van der Waals surface area contributed by atoms with Gasteiger partial charge in [0.2, 0.25) is 5.24 Å². The number of benzene rings is 4. The summed E-state index contributed by atoms with van der Waals surface area (Å²) in [5.41, 5.74) is 2.24. The van der Waals surface area contributed by atoms with Crippen molar-refractivity contribution in [3.05, 3.63) is 96.1 Å². The summed E-state index contributed by atoms with van der Waals surface area (Å²) in [5.74, 6) is -0.0372. The average molecular weight is 437 g/mol. The van der Waals surface area contributed by atoms with E-state index in [-0.39, 0.29) is 23.5 Å². The van der Waals surface area contributed by atoms with Crippen molar-refractivity contribution < 1.29 is 9.08 Å². The van der Waals surface area contributed by atoms with Crippen LogP contribution in [0, 0.1) is 0 Å². The van der Waals surface area contributed by atoms with Gasteiger partial charge in [0.05, 0.1) is 18.5 Å². The summed E-state index contributed by atoms with van der Waals surface area (Å²) in [6, 6.07) is 29.3. The Morgan fingerprint density at radius 3 is 1.73 bits per heavy atom. The Morgan fingerprint density at radius 1 is 0.733 bits per heavy atom. The fourth-order valence-electron chi connectivity index (χ4n) is 4.31. The first-order valence-corrected chi connectivity index (χ1v) is 10.7. The summed E-state index contributed by atoms with van der Waals surface area (Å²) >= 11 is 11.5. The van der Waals surface area contributed by atoms with E-state index in [0.717, 1.165) is 16.5 Å². The molecule has 0 aromatic heterocycles. The highest BCUT2D eigenvalue weighted by atomic mass is 35.5. The summed E-state index contributed by atoms with van der Waals surface area (Å²) in [6.07, 6.45) is 0.934. The van der Waals surface area contributed by atoms with Crippen LogP contribution in [0.2, 0.25) is 0 Å². The molecule has 2 unspecified atom stereocenters. The molecule has 2 atom stereocenters. The highest BCUT2D eigenvalue weighted by molar-refractivity contribution is 6.63. The van der Waals surface area contributed by atoms with E-state index < -0.39 is 0 Å². The molecule has 0 aliphatic heterocycles. The first-order chi connectivity index (χ1) is 14.7. The molecule has 152 valence electrons. The lowest BCUT2D eigenvalue weighted by Gasteiger charge is -2.27. The van der Waals surface area contributed by atoms with Crippen LogP contribution in [0.1, 0.15) is 35.8 Å². The molecule has 0 heterocycles. The molecular formula is C26H22Cl2O2. The number of rotatable bonds is 8. The standard InChI is InChI=1S/C26H22Cl2O2/c27-26(29)17-25(23-12-10-19-6-2-4-8-21(19)16-23)24(13-14-30-28)22-11-9-18-5-1-3-7-20(18)15-22/h1-12,15-16,24-25H,13-14,17H2. The number of carbonyl (C=O) groups excluding carboxylic acids is 1. The van der Waals surface area contributed by atoms with Crippen LogP contribution in [0.15, 0.2) is 84.9 Å². The highest BCUT2D eigenvalue weighted by Crippen LogP contribution is 2.40. The van der Waals surface area contributed by atoms with E-state index in [2.05, 4.69) is 60.7 Å². The maximum atomic E-state index is 12.0. The smallest absolute Gasteiger partial charge is 0.222 e. The second-order valence-corrected chi connectivity index (χ2v) is 8.23. The van der Waals surface area contributed by atoms with Crippen LogP contribution in [0.25, 0.3) is 21.5 Å². The van der Waals surface area contributed by atoms with Crippen molar-refractivity contribution >= 4 is 50.3 Å². The molecule has 4 aromatic carbocycles. The minimum Gasteiger partial charge on any atom is -0.281 e. The van der Waals surface area contributed by atoms with Gasteiger partial charge in [-0.1, -0.05) is 84.9 Å². The van der Waals surface area contributed by atoms with Crippen LogP contribution in [0.4, 0.5) is 0 Å². The molecule has 0 bridgehead atoms. The minimum atomic E-state index is -0.342. The van der Waals surface area contributed by atoms with Gasteiger partial charge in [0.1, 0.15) is 0 Å². The molecule has 4 aromatic rings. The van der Waals surface area contributed by atoms with Crippen LogP contribution in [-0.4, -0.2) is 11.8 Å². The Labute approximate surface area is 186 Å². The summed E-state index contributed by atoms with van der Waals surface area (Å²) < 4.78 is 4.90. The largest absolute Gasteiger partial charge is 0.281 e. The van der Waals surface area contributed by atoms with Crippen molar-refractivity contribution in [2.75, 3.05) is 6.61 Å². The van der Waals surface area contributed by atoms with Crippen LogP contribution in [0.5, 0.6) is 0 Å². The van der Waals surface area contributed by atoms with Crippen molar-refractivity contribution in [1.29, 1.82) is 0 Å². The van der Waals surface area contributed by atoms with Crippen molar-refractivity contribution in [2.45, 2.75) is 24.7 Å². The van der Waals surface area contributed by atoms with E-state index in [1.165, 1.54) is 16.2 Å². The first kappa shape index (κ1) is 20.9. The van der Waals surface area contributed by atoms with Gasteiger partial charge >= 0.3 is 0 Å². The Balaban J connectivity index is 1.80. The predicted octanol–water partition coefficient (Wildman–Crippen LogP) is 7.58. The van der Waals surface area contributed by atoms with Gasteiger partial charge in [-0.05, 0) is 62.5 Å². The highest BCUT2D eigenvalue weighted by Gasteiger charge is 2.27. The molecule has 0 saturated heterocycles. The van der Waals surface area contributed by atoms with Gasteiger partial charge in [0.25, 0.3) is 0 Å². The number of hydrogen-bond donors (Lipinski definition) is 0. The van der Waals surface area contributed by atoms with Gasteiger partial charge in [-0.15, -0.1) is 0 Å². The first-order valence-electron chi connectivity index (χ1n) is 10.0. The number of carbonyl (C=O) groups is 1. The van der Waals surface area contributed by atoms with Gasteiger partial charge < -0.3 is 0 Å². The average Bonchev–Trinajstić information content (AvgIpc) is 2.78. The molecule has 0 aliphatic carbocycles. The second-order valence-electron chi connectivity index (χ2n) is 7.59. The van der Waals surface area contributed by atoms with Crippen molar-refractivity contribution in [3.63, 3.8) is 0 Å². The maximum absolute atomic E-state index is 12.0. The second kappa shape index (κ2) is 9.61. The normalized spacial score (nSPS) is 13.4. The van der Waals surface area contributed by atoms with Gasteiger partial charge in [-0.2, -0.15) is 0 Å².